The van der Waals surface area contributed by atoms with Crippen LogP contribution >= 0.6 is 0 Å². The van der Waals surface area contributed by atoms with Crippen molar-refractivity contribution in [2.24, 2.45) is 5.41 Å². The molecule has 3 nitrogen and oxygen atoms in total. The van der Waals surface area contributed by atoms with Crippen molar-refractivity contribution in [2.75, 3.05) is 0 Å². The molecule has 1 N–H and O–H groups in total. The van der Waals surface area contributed by atoms with E-state index in [4.69, 9.17) is 0 Å². The maximum absolute atomic E-state index is 9.95. The molecule has 0 aliphatic heterocycles. The highest BCUT2D eigenvalue weighted by Crippen LogP contribution is 2.54. The zero-order valence-corrected chi connectivity index (χ0v) is 10.6. The molecule has 1 aromatic rings. The Balaban J connectivity index is 1.92. The molecule has 1 aromatic heterocycles. The van der Waals surface area contributed by atoms with Crippen molar-refractivity contribution in [3.05, 3.63) is 18.0 Å². The second kappa shape index (κ2) is 4.13. The van der Waals surface area contributed by atoms with Crippen LogP contribution in [-0.2, 0) is 0 Å². The highest BCUT2D eigenvalue weighted by molar-refractivity contribution is 5.02. The van der Waals surface area contributed by atoms with Gasteiger partial charge in [-0.15, -0.1) is 0 Å². The van der Waals surface area contributed by atoms with Gasteiger partial charge in [-0.05, 0) is 50.5 Å². The van der Waals surface area contributed by atoms with Crippen molar-refractivity contribution in [1.82, 2.24) is 9.78 Å². The summed E-state index contributed by atoms with van der Waals surface area (Å²) in [6, 6.07) is 2.49. The number of aliphatic hydroxyl groups excluding tert-OH is 1. The van der Waals surface area contributed by atoms with E-state index in [2.05, 4.69) is 22.0 Å². The van der Waals surface area contributed by atoms with Gasteiger partial charge >= 0.3 is 0 Å². The van der Waals surface area contributed by atoms with E-state index in [1.165, 1.54) is 32.1 Å². The quantitative estimate of drug-likeness (QED) is 0.811. The molecule has 0 saturated heterocycles. The first-order chi connectivity index (χ1) is 8.20. The van der Waals surface area contributed by atoms with Crippen LogP contribution in [0.5, 0.6) is 0 Å². The Morgan fingerprint density at radius 3 is 2.76 bits per heavy atom. The summed E-state index contributed by atoms with van der Waals surface area (Å²) in [7, 11) is 0. The molecule has 0 amide bonds. The molecule has 2 atom stereocenters. The maximum atomic E-state index is 9.95. The van der Waals surface area contributed by atoms with Gasteiger partial charge in [-0.25, -0.2) is 0 Å². The third kappa shape index (κ3) is 1.90. The number of hydrogen-bond acceptors (Lipinski definition) is 2. The van der Waals surface area contributed by atoms with Gasteiger partial charge in [0.05, 0.1) is 17.8 Å². The molecular weight excluding hydrogens is 212 g/mol. The normalized spacial score (nSPS) is 32.1. The van der Waals surface area contributed by atoms with E-state index in [9.17, 15) is 5.11 Å². The second-order valence-corrected chi connectivity index (χ2v) is 5.95. The van der Waals surface area contributed by atoms with Crippen LogP contribution in [0.15, 0.2) is 12.3 Å². The fraction of sp³-hybridized carbons (Fsp3) is 0.786. The number of aromatic nitrogens is 2. The minimum Gasteiger partial charge on any atom is -0.393 e. The summed E-state index contributed by atoms with van der Waals surface area (Å²) in [6.07, 6.45) is 10.4. The molecule has 3 heteroatoms. The first-order valence-electron chi connectivity index (χ1n) is 6.89. The summed E-state index contributed by atoms with van der Waals surface area (Å²) in [5.74, 6) is 0. The number of aryl methyl sites for hydroxylation is 1. The predicted molar refractivity (Wildman–Crippen MR) is 66.8 cm³/mol. The first-order valence-corrected chi connectivity index (χ1v) is 6.89. The summed E-state index contributed by atoms with van der Waals surface area (Å²) in [4.78, 5) is 0. The van der Waals surface area contributed by atoms with E-state index < -0.39 is 0 Å². The van der Waals surface area contributed by atoms with E-state index in [-0.39, 0.29) is 6.10 Å². The van der Waals surface area contributed by atoms with Crippen molar-refractivity contribution in [3.63, 3.8) is 0 Å². The Labute approximate surface area is 103 Å². The van der Waals surface area contributed by atoms with E-state index in [1.54, 1.807) is 0 Å². The van der Waals surface area contributed by atoms with Gasteiger partial charge in [-0.3, -0.25) is 4.68 Å². The fourth-order valence-electron chi connectivity index (χ4n) is 3.90. The monoisotopic (exact) mass is 234 g/mol. The van der Waals surface area contributed by atoms with Crippen molar-refractivity contribution in [3.8, 4) is 0 Å². The van der Waals surface area contributed by atoms with Crippen LogP contribution in [0.25, 0.3) is 0 Å². The number of rotatable bonds is 1. The third-order valence-electron chi connectivity index (χ3n) is 4.84. The lowest BCUT2D eigenvalue weighted by molar-refractivity contribution is 0.0123. The Hall–Kier alpha value is -0.830. The first kappa shape index (κ1) is 11.3. The number of nitrogens with zero attached hydrogens (tertiary/aromatic N) is 2. The van der Waals surface area contributed by atoms with Crippen LogP contribution in [0.4, 0.5) is 0 Å². The summed E-state index contributed by atoms with van der Waals surface area (Å²) in [5.41, 5.74) is 1.51. The van der Waals surface area contributed by atoms with Gasteiger partial charge in [-0.2, -0.15) is 5.10 Å². The van der Waals surface area contributed by atoms with E-state index >= 15 is 0 Å². The van der Waals surface area contributed by atoms with Gasteiger partial charge in [0.2, 0.25) is 0 Å². The van der Waals surface area contributed by atoms with Gasteiger partial charge in [-0.1, -0.05) is 12.8 Å². The Bertz CT molecular complexity index is 393. The predicted octanol–water partition coefficient (Wildman–Crippen LogP) is 2.84. The molecule has 1 spiro atoms. The standard InChI is InChI=1S/C14H22N2O/c1-11-5-9-16(15-11)13-10-12(17)4-8-14(13)6-2-3-7-14/h5,9,12-13,17H,2-4,6-8,10H2,1H3. The minimum atomic E-state index is -0.129. The van der Waals surface area contributed by atoms with Gasteiger partial charge in [0, 0.05) is 6.20 Å². The average Bonchev–Trinajstić information content (AvgIpc) is 2.93. The van der Waals surface area contributed by atoms with E-state index in [0.717, 1.165) is 18.5 Å². The smallest absolute Gasteiger partial charge is 0.0600 e. The number of aliphatic hydroxyl groups is 1. The zero-order chi connectivity index (χ0) is 11.9. The maximum Gasteiger partial charge on any atom is 0.0600 e. The van der Waals surface area contributed by atoms with E-state index in [0.29, 0.717) is 11.5 Å². The molecule has 17 heavy (non-hydrogen) atoms. The molecule has 0 bridgehead atoms. The Morgan fingerprint density at radius 1 is 1.35 bits per heavy atom. The topological polar surface area (TPSA) is 38.0 Å². The van der Waals surface area contributed by atoms with Crippen LogP contribution in [-0.4, -0.2) is 21.0 Å². The highest BCUT2D eigenvalue weighted by atomic mass is 16.3. The van der Waals surface area contributed by atoms with Crippen LogP contribution in [0.3, 0.4) is 0 Å². The van der Waals surface area contributed by atoms with Crippen molar-refractivity contribution in [1.29, 1.82) is 0 Å². The molecule has 2 aliphatic carbocycles. The van der Waals surface area contributed by atoms with Crippen molar-refractivity contribution in [2.45, 2.75) is 64.0 Å². The highest BCUT2D eigenvalue weighted by Gasteiger charge is 2.46. The summed E-state index contributed by atoms with van der Waals surface area (Å²) >= 11 is 0. The molecule has 3 rings (SSSR count). The molecule has 2 fully saturated rings. The van der Waals surface area contributed by atoms with E-state index in [1.807, 2.05) is 6.92 Å². The van der Waals surface area contributed by atoms with Gasteiger partial charge in [0.1, 0.15) is 0 Å². The molecule has 0 radical (unpaired) electrons. The summed E-state index contributed by atoms with van der Waals surface area (Å²) in [5, 5.41) is 14.5. The van der Waals surface area contributed by atoms with Gasteiger partial charge in [0.25, 0.3) is 0 Å². The molecule has 2 aliphatic rings. The van der Waals surface area contributed by atoms with Crippen LogP contribution in [0, 0.1) is 12.3 Å². The lowest BCUT2D eigenvalue weighted by Gasteiger charge is -2.43. The molecule has 2 saturated carbocycles. The fourth-order valence-corrected chi connectivity index (χ4v) is 3.90. The average molecular weight is 234 g/mol. The molecule has 1 heterocycles. The molecule has 2 unspecified atom stereocenters. The lowest BCUT2D eigenvalue weighted by atomic mass is 9.68. The van der Waals surface area contributed by atoms with Crippen LogP contribution < -0.4 is 0 Å². The second-order valence-electron chi connectivity index (χ2n) is 5.95. The molecular formula is C14H22N2O. The summed E-state index contributed by atoms with van der Waals surface area (Å²) < 4.78 is 2.13. The van der Waals surface area contributed by atoms with Crippen molar-refractivity contribution >= 4 is 0 Å². The third-order valence-corrected chi connectivity index (χ3v) is 4.84. The molecule has 94 valence electrons. The van der Waals surface area contributed by atoms with Gasteiger partial charge in [0.15, 0.2) is 0 Å². The Morgan fingerprint density at radius 2 is 2.12 bits per heavy atom. The Kier molecular flexibility index (Phi) is 2.74. The largest absolute Gasteiger partial charge is 0.393 e. The zero-order valence-electron chi connectivity index (χ0n) is 10.6. The van der Waals surface area contributed by atoms with Crippen LogP contribution in [0.2, 0.25) is 0 Å². The molecule has 0 aromatic carbocycles. The SMILES string of the molecule is Cc1ccn(C2CC(O)CCC23CCCC3)n1. The number of hydrogen-bond donors (Lipinski definition) is 1. The van der Waals surface area contributed by atoms with Crippen LogP contribution in [0.1, 0.15) is 56.7 Å². The lowest BCUT2D eigenvalue weighted by Crippen LogP contribution is -2.38. The van der Waals surface area contributed by atoms with Gasteiger partial charge < -0.3 is 5.11 Å². The summed E-state index contributed by atoms with van der Waals surface area (Å²) in [6.45, 7) is 2.04. The minimum absolute atomic E-state index is 0.129. The van der Waals surface area contributed by atoms with Crippen molar-refractivity contribution < 1.29 is 5.11 Å².